The standard InChI is InChI=1S/C16H16N4O2S/c1-3-11-7-14(22)20(9-17-11)8-13(21)18-16-19-15-10(2)5-4-6-12(15)23-16/h4-7,9H,3,8H2,1-2H3,(H,18,19,21). The molecule has 1 amide bonds. The lowest BCUT2D eigenvalue weighted by molar-refractivity contribution is -0.116. The number of nitrogens with one attached hydrogen (secondary N) is 1. The van der Waals surface area contributed by atoms with Gasteiger partial charge in [0.05, 0.1) is 16.5 Å². The molecule has 0 aliphatic carbocycles. The van der Waals surface area contributed by atoms with Crippen LogP contribution in [0.4, 0.5) is 5.13 Å². The Morgan fingerprint density at radius 1 is 1.39 bits per heavy atom. The maximum Gasteiger partial charge on any atom is 0.253 e. The molecule has 0 radical (unpaired) electrons. The van der Waals surface area contributed by atoms with E-state index in [0.29, 0.717) is 17.2 Å². The van der Waals surface area contributed by atoms with Gasteiger partial charge in [0.15, 0.2) is 5.13 Å². The number of carbonyl (C=O) groups is 1. The van der Waals surface area contributed by atoms with Crippen LogP contribution >= 0.6 is 11.3 Å². The largest absolute Gasteiger partial charge is 0.300 e. The lowest BCUT2D eigenvalue weighted by atomic mass is 10.2. The van der Waals surface area contributed by atoms with E-state index in [2.05, 4.69) is 15.3 Å². The summed E-state index contributed by atoms with van der Waals surface area (Å²) in [5.41, 5.74) is 2.44. The Kier molecular flexibility index (Phi) is 4.20. The molecule has 1 N–H and O–H groups in total. The number of nitrogens with zero attached hydrogens (tertiary/aromatic N) is 3. The minimum absolute atomic E-state index is 0.0786. The molecule has 6 nitrogen and oxygen atoms in total. The van der Waals surface area contributed by atoms with Gasteiger partial charge in [-0.25, -0.2) is 9.97 Å². The molecule has 118 valence electrons. The van der Waals surface area contributed by atoms with E-state index in [1.807, 2.05) is 32.0 Å². The highest BCUT2D eigenvalue weighted by Crippen LogP contribution is 2.27. The quantitative estimate of drug-likeness (QED) is 0.797. The number of fused-ring (bicyclic) bond motifs is 1. The van der Waals surface area contributed by atoms with Crippen molar-refractivity contribution in [3.05, 3.63) is 52.2 Å². The van der Waals surface area contributed by atoms with E-state index in [4.69, 9.17) is 0 Å². The van der Waals surface area contributed by atoms with Crippen LogP contribution in [0.3, 0.4) is 0 Å². The van der Waals surface area contributed by atoms with Crippen molar-refractivity contribution in [1.82, 2.24) is 14.5 Å². The maximum atomic E-state index is 12.1. The number of benzene rings is 1. The number of para-hydroxylation sites is 1. The number of thiazole rings is 1. The van der Waals surface area contributed by atoms with Crippen LogP contribution < -0.4 is 10.9 Å². The highest BCUT2D eigenvalue weighted by atomic mass is 32.1. The zero-order valence-corrected chi connectivity index (χ0v) is 13.7. The summed E-state index contributed by atoms with van der Waals surface area (Å²) in [6.07, 6.45) is 2.09. The average molecular weight is 328 g/mol. The fourth-order valence-electron chi connectivity index (χ4n) is 2.23. The second kappa shape index (κ2) is 6.29. The van der Waals surface area contributed by atoms with Gasteiger partial charge in [-0.1, -0.05) is 30.4 Å². The lowest BCUT2D eigenvalue weighted by Gasteiger charge is -2.05. The van der Waals surface area contributed by atoms with Crippen LogP contribution in [-0.4, -0.2) is 20.4 Å². The van der Waals surface area contributed by atoms with Crippen LogP contribution in [0.5, 0.6) is 0 Å². The summed E-state index contributed by atoms with van der Waals surface area (Å²) < 4.78 is 2.30. The second-order valence-corrected chi connectivity index (χ2v) is 6.22. The molecule has 0 bridgehead atoms. The summed E-state index contributed by atoms with van der Waals surface area (Å²) in [6, 6.07) is 7.36. The van der Waals surface area contributed by atoms with E-state index in [-0.39, 0.29) is 18.0 Å². The third-order valence-corrected chi connectivity index (χ3v) is 4.42. The Balaban J connectivity index is 1.76. The fourth-order valence-corrected chi connectivity index (χ4v) is 3.19. The molecule has 0 saturated carbocycles. The Bertz CT molecular complexity index is 929. The van der Waals surface area contributed by atoms with Crippen molar-refractivity contribution in [2.45, 2.75) is 26.8 Å². The summed E-state index contributed by atoms with van der Waals surface area (Å²) in [5, 5.41) is 3.28. The van der Waals surface area contributed by atoms with Crippen molar-refractivity contribution >= 4 is 32.6 Å². The van der Waals surface area contributed by atoms with Gasteiger partial charge in [0.2, 0.25) is 5.91 Å². The third-order valence-electron chi connectivity index (χ3n) is 3.48. The van der Waals surface area contributed by atoms with Crippen molar-refractivity contribution in [2.24, 2.45) is 0 Å². The molecule has 0 aliphatic heterocycles. The summed E-state index contributed by atoms with van der Waals surface area (Å²) in [6.45, 7) is 3.83. The number of hydrogen-bond acceptors (Lipinski definition) is 5. The van der Waals surface area contributed by atoms with E-state index in [1.54, 1.807) is 0 Å². The summed E-state index contributed by atoms with van der Waals surface area (Å²) in [5.74, 6) is -0.296. The smallest absolute Gasteiger partial charge is 0.253 e. The van der Waals surface area contributed by atoms with E-state index in [0.717, 1.165) is 15.8 Å². The fraction of sp³-hybridized carbons (Fsp3) is 0.250. The zero-order valence-electron chi connectivity index (χ0n) is 12.9. The van der Waals surface area contributed by atoms with Gasteiger partial charge in [-0.15, -0.1) is 0 Å². The van der Waals surface area contributed by atoms with Gasteiger partial charge < -0.3 is 5.32 Å². The molecule has 1 aromatic carbocycles. The molecular formula is C16H16N4O2S. The van der Waals surface area contributed by atoms with Crippen LogP contribution in [0.2, 0.25) is 0 Å². The Morgan fingerprint density at radius 2 is 2.22 bits per heavy atom. The summed E-state index contributed by atoms with van der Waals surface area (Å²) in [7, 11) is 0. The average Bonchev–Trinajstić information content (AvgIpc) is 2.93. The van der Waals surface area contributed by atoms with Gasteiger partial charge in [0, 0.05) is 11.8 Å². The molecule has 0 aliphatic rings. The number of hydrogen-bond donors (Lipinski definition) is 1. The van der Waals surface area contributed by atoms with Crippen LogP contribution in [0.1, 0.15) is 18.2 Å². The highest BCUT2D eigenvalue weighted by Gasteiger charge is 2.10. The number of aryl methyl sites for hydroxylation is 2. The van der Waals surface area contributed by atoms with Crippen LogP contribution in [0.15, 0.2) is 35.4 Å². The van der Waals surface area contributed by atoms with Gasteiger partial charge in [-0.2, -0.15) is 0 Å². The predicted molar refractivity (Wildman–Crippen MR) is 90.9 cm³/mol. The summed E-state index contributed by atoms with van der Waals surface area (Å²) in [4.78, 5) is 32.6. The van der Waals surface area contributed by atoms with E-state index in [9.17, 15) is 9.59 Å². The molecule has 3 aromatic rings. The zero-order chi connectivity index (χ0) is 16.4. The molecule has 0 fully saturated rings. The molecule has 0 atom stereocenters. The number of rotatable bonds is 4. The molecule has 2 aromatic heterocycles. The van der Waals surface area contributed by atoms with Gasteiger partial charge in [-0.05, 0) is 25.0 Å². The highest BCUT2D eigenvalue weighted by molar-refractivity contribution is 7.22. The lowest BCUT2D eigenvalue weighted by Crippen LogP contribution is -2.27. The second-order valence-electron chi connectivity index (χ2n) is 5.19. The molecular weight excluding hydrogens is 312 g/mol. The molecule has 0 saturated heterocycles. The monoisotopic (exact) mass is 328 g/mol. The first-order valence-corrected chi connectivity index (χ1v) is 8.10. The van der Waals surface area contributed by atoms with Crippen LogP contribution in [-0.2, 0) is 17.8 Å². The van der Waals surface area contributed by atoms with Crippen molar-refractivity contribution in [2.75, 3.05) is 5.32 Å². The molecule has 0 unspecified atom stereocenters. The van der Waals surface area contributed by atoms with Crippen LogP contribution in [0, 0.1) is 6.92 Å². The minimum Gasteiger partial charge on any atom is -0.300 e. The van der Waals surface area contributed by atoms with Crippen molar-refractivity contribution < 1.29 is 4.79 Å². The maximum absolute atomic E-state index is 12.1. The molecule has 23 heavy (non-hydrogen) atoms. The van der Waals surface area contributed by atoms with E-state index < -0.39 is 0 Å². The summed E-state index contributed by atoms with van der Waals surface area (Å²) >= 11 is 1.41. The van der Waals surface area contributed by atoms with Gasteiger partial charge in [-0.3, -0.25) is 14.2 Å². The topological polar surface area (TPSA) is 76.9 Å². The van der Waals surface area contributed by atoms with Crippen molar-refractivity contribution in [1.29, 1.82) is 0 Å². The SMILES string of the molecule is CCc1cc(=O)n(CC(=O)Nc2nc3c(C)cccc3s2)cn1. The van der Waals surface area contributed by atoms with Crippen molar-refractivity contribution in [3.63, 3.8) is 0 Å². The third kappa shape index (κ3) is 3.29. The molecule has 7 heteroatoms. The first kappa shape index (κ1) is 15.4. The first-order valence-electron chi connectivity index (χ1n) is 7.28. The van der Waals surface area contributed by atoms with Gasteiger partial charge in [0.1, 0.15) is 6.54 Å². The molecule has 3 rings (SSSR count). The minimum atomic E-state index is -0.296. The van der Waals surface area contributed by atoms with Crippen molar-refractivity contribution in [3.8, 4) is 0 Å². The van der Waals surface area contributed by atoms with Crippen LogP contribution in [0.25, 0.3) is 10.2 Å². The van der Waals surface area contributed by atoms with Gasteiger partial charge >= 0.3 is 0 Å². The Labute approximate surface area is 136 Å². The Morgan fingerprint density at radius 3 is 2.91 bits per heavy atom. The number of amides is 1. The number of aromatic nitrogens is 3. The molecule has 2 heterocycles. The molecule has 0 spiro atoms. The predicted octanol–water partition coefficient (Wildman–Crippen LogP) is 2.36. The number of anilines is 1. The normalized spacial score (nSPS) is 10.9. The van der Waals surface area contributed by atoms with Gasteiger partial charge in [0.25, 0.3) is 5.56 Å². The first-order chi connectivity index (χ1) is 11.1. The Hall–Kier alpha value is -2.54. The van der Waals surface area contributed by atoms with E-state index in [1.165, 1.54) is 28.3 Å². The van der Waals surface area contributed by atoms with E-state index >= 15 is 0 Å². The number of carbonyl (C=O) groups excluding carboxylic acids is 1.